The first-order valence-electron chi connectivity index (χ1n) is 6.67. The van der Waals surface area contributed by atoms with Crippen LogP contribution in [0.1, 0.15) is 44.1 Å². The predicted molar refractivity (Wildman–Crippen MR) is 77.4 cm³/mol. The first kappa shape index (κ1) is 13.1. The zero-order valence-electron chi connectivity index (χ0n) is 10.6. The van der Waals surface area contributed by atoms with E-state index in [1.54, 1.807) is 0 Å². The normalized spacial score (nSPS) is 19.9. The molecule has 0 aromatic heterocycles. The molecule has 0 bridgehead atoms. The molecule has 2 rings (SSSR count). The van der Waals surface area contributed by atoms with Crippen molar-refractivity contribution in [2.75, 3.05) is 13.6 Å². The topological polar surface area (TPSA) is 12.0 Å². The lowest BCUT2D eigenvalue weighted by Crippen LogP contribution is -2.36. The predicted octanol–water partition coefficient (Wildman–Crippen LogP) is 4.26. The standard InChI is InChI=1S/C15H22BrN/c1-17-12-15(10-4-2-3-5-11-15)13-6-8-14(16)9-7-13/h6-9,17H,2-5,10-12H2,1H3. The molecular formula is C15H22BrN. The third-order valence-electron chi connectivity index (χ3n) is 4.03. The number of rotatable bonds is 3. The average molecular weight is 296 g/mol. The van der Waals surface area contributed by atoms with Crippen molar-refractivity contribution in [1.82, 2.24) is 5.32 Å². The molecule has 1 aliphatic rings. The lowest BCUT2D eigenvalue weighted by molar-refractivity contribution is 0.358. The number of nitrogens with one attached hydrogen (secondary N) is 1. The highest BCUT2D eigenvalue weighted by Gasteiger charge is 2.31. The molecule has 0 radical (unpaired) electrons. The molecule has 94 valence electrons. The fourth-order valence-electron chi connectivity index (χ4n) is 3.11. The van der Waals surface area contributed by atoms with Crippen LogP contribution in [-0.2, 0) is 5.41 Å². The summed E-state index contributed by atoms with van der Waals surface area (Å²) >= 11 is 3.53. The summed E-state index contributed by atoms with van der Waals surface area (Å²) in [6, 6.07) is 8.95. The maximum absolute atomic E-state index is 3.53. The molecular weight excluding hydrogens is 274 g/mol. The van der Waals surface area contributed by atoms with Crippen LogP contribution in [0.5, 0.6) is 0 Å². The number of hydrogen-bond acceptors (Lipinski definition) is 1. The van der Waals surface area contributed by atoms with E-state index in [0.29, 0.717) is 5.41 Å². The number of benzene rings is 1. The summed E-state index contributed by atoms with van der Waals surface area (Å²) in [5.74, 6) is 0. The molecule has 0 saturated heterocycles. The molecule has 0 spiro atoms. The largest absolute Gasteiger partial charge is 0.319 e. The third-order valence-corrected chi connectivity index (χ3v) is 4.56. The average Bonchev–Trinajstić information content (AvgIpc) is 2.57. The minimum absolute atomic E-state index is 0.367. The Bertz CT molecular complexity index is 336. The first-order valence-corrected chi connectivity index (χ1v) is 7.47. The van der Waals surface area contributed by atoms with Gasteiger partial charge < -0.3 is 5.32 Å². The van der Waals surface area contributed by atoms with Crippen molar-refractivity contribution in [3.63, 3.8) is 0 Å². The zero-order valence-corrected chi connectivity index (χ0v) is 12.2. The van der Waals surface area contributed by atoms with Gasteiger partial charge in [0.05, 0.1) is 0 Å². The Morgan fingerprint density at radius 1 is 1.06 bits per heavy atom. The Labute approximate surface area is 113 Å². The van der Waals surface area contributed by atoms with Gasteiger partial charge in [-0.15, -0.1) is 0 Å². The maximum Gasteiger partial charge on any atom is 0.0175 e. The van der Waals surface area contributed by atoms with E-state index in [1.807, 2.05) is 0 Å². The summed E-state index contributed by atoms with van der Waals surface area (Å²) in [7, 11) is 2.07. The fourth-order valence-corrected chi connectivity index (χ4v) is 3.38. The molecule has 0 amide bonds. The van der Waals surface area contributed by atoms with Gasteiger partial charge in [-0.1, -0.05) is 53.7 Å². The number of halogens is 1. The van der Waals surface area contributed by atoms with Gasteiger partial charge >= 0.3 is 0 Å². The maximum atomic E-state index is 3.53. The van der Waals surface area contributed by atoms with Gasteiger partial charge in [0.1, 0.15) is 0 Å². The Morgan fingerprint density at radius 3 is 2.18 bits per heavy atom. The van der Waals surface area contributed by atoms with Crippen molar-refractivity contribution >= 4 is 15.9 Å². The summed E-state index contributed by atoms with van der Waals surface area (Å²) in [6.07, 6.45) is 8.21. The molecule has 1 fully saturated rings. The van der Waals surface area contributed by atoms with Gasteiger partial charge in [0, 0.05) is 16.4 Å². The summed E-state index contributed by atoms with van der Waals surface area (Å²) < 4.78 is 1.18. The van der Waals surface area contributed by atoms with E-state index in [1.165, 1.54) is 48.6 Å². The molecule has 17 heavy (non-hydrogen) atoms. The van der Waals surface area contributed by atoms with Crippen molar-refractivity contribution in [2.45, 2.75) is 43.9 Å². The zero-order chi connectivity index (χ0) is 12.1. The number of hydrogen-bond donors (Lipinski definition) is 1. The summed E-state index contributed by atoms with van der Waals surface area (Å²) in [5, 5.41) is 3.41. The smallest absolute Gasteiger partial charge is 0.0175 e. The van der Waals surface area contributed by atoms with Crippen molar-refractivity contribution in [3.8, 4) is 0 Å². The van der Waals surface area contributed by atoms with E-state index in [0.717, 1.165) is 6.54 Å². The second-order valence-corrected chi connectivity index (χ2v) is 6.15. The van der Waals surface area contributed by atoms with Crippen molar-refractivity contribution in [3.05, 3.63) is 34.3 Å². The summed E-state index contributed by atoms with van der Waals surface area (Å²) in [6.45, 7) is 1.11. The highest BCUT2D eigenvalue weighted by atomic mass is 79.9. The highest BCUT2D eigenvalue weighted by molar-refractivity contribution is 9.10. The Hall–Kier alpha value is -0.340. The summed E-state index contributed by atoms with van der Waals surface area (Å²) in [5.41, 5.74) is 1.88. The van der Waals surface area contributed by atoms with Crippen LogP contribution in [0.2, 0.25) is 0 Å². The molecule has 1 N–H and O–H groups in total. The Morgan fingerprint density at radius 2 is 1.65 bits per heavy atom. The van der Waals surface area contributed by atoms with Gasteiger partial charge in [0.15, 0.2) is 0 Å². The molecule has 0 aliphatic heterocycles. The van der Waals surface area contributed by atoms with Crippen LogP contribution in [0.3, 0.4) is 0 Å². The number of likely N-dealkylation sites (N-methyl/N-ethyl adjacent to an activating group) is 1. The van der Waals surface area contributed by atoms with E-state index in [2.05, 4.69) is 52.6 Å². The lowest BCUT2D eigenvalue weighted by atomic mass is 9.74. The first-order chi connectivity index (χ1) is 8.27. The van der Waals surface area contributed by atoms with Crippen LogP contribution in [-0.4, -0.2) is 13.6 Å². The highest BCUT2D eigenvalue weighted by Crippen LogP contribution is 2.38. The molecule has 1 aromatic rings. The molecule has 1 aromatic carbocycles. The third kappa shape index (κ3) is 3.11. The van der Waals surface area contributed by atoms with Crippen molar-refractivity contribution < 1.29 is 0 Å². The Balaban J connectivity index is 2.28. The van der Waals surface area contributed by atoms with Gasteiger partial charge in [0.25, 0.3) is 0 Å². The van der Waals surface area contributed by atoms with Crippen LogP contribution in [0.25, 0.3) is 0 Å². The summed E-state index contributed by atoms with van der Waals surface area (Å²) in [4.78, 5) is 0. The molecule has 1 saturated carbocycles. The molecule has 1 aliphatic carbocycles. The minimum Gasteiger partial charge on any atom is -0.319 e. The van der Waals surface area contributed by atoms with E-state index in [9.17, 15) is 0 Å². The van der Waals surface area contributed by atoms with E-state index < -0.39 is 0 Å². The van der Waals surface area contributed by atoms with Gasteiger partial charge in [-0.3, -0.25) is 0 Å². The monoisotopic (exact) mass is 295 g/mol. The molecule has 0 heterocycles. The van der Waals surface area contributed by atoms with Crippen LogP contribution < -0.4 is 5.32 Å². The quantitative estimate of drug-likeness (QED) is 0.822. The van der Waals surface area contributed by atoms with Gasteiger partial charge in [-0.2, -0.15) is 0 Å². The fraction of sp³-hybridized carbons (Fsp3) is 0.600. The van der Waals surface area contributed by atoms with Crippen LogP contribution in [0.4, 0.5) is 0 Å². The van der Waals surface area contributed by atoms with E-state index in [-0.39, 0.29) is 0 Å². The minimum atomic E-state index is 0.367. The van der Waals surface area contributed by atoms with Crippen molar-refractivity contribution in [1.29, 1.82) is 0 Å². The molecule has 2 heteroatoms. The lowest BCUT2D eigenvalue weighted by Gasteiger charge is -2.33. The van der Waals surface area contributed by atoms with Crippen molar-refractivity contribution in [2.24, 2.45) is 0 Å². The van der Waals surface area contributed by atoms with Gasteiger partial charge in [-0.05, 0) is 37.6 Å². The molecule has 0 unspecified atom stereocenters. The van der Waals surface area contributed by atoms with Crippen LogP contribution in [0.15, 0.2) is 28.7 Å². The Kier molecular flexibility index (Phi) is 4.63. The molecule has 0 atom stereocenters. The van der Waals surface area contributed by atoms with E-state index >= 15 is 0 Å². The second-order valence-electron chi connectivity index (χ2n) is 5.23. The second kappa shape index (κ2) is 6.01. The van der Waals surface area contributed by atoms with Crippen LogP contribution >= 0.6 is 15.9 Å². The van der Waals surface area contributed by atoms with Crippen LogP contribution in [0, 0.1) is 0 Å². The van der Waals surface area contributed by atoms with Gasteiger partial charge in [-0.25, -0.2) is 0 Å². The molecule has 1 nitrogen and oxygen atoms in total. The SMILES string of the molecule is CNCC1(c2ccc(Br)cc2)CCCCCC1. The van der Waals surface area contributed by atoms with Gasteiger partial charge in [0.2, 0.25) is 0 Å². The van der Waals surface area contributed by atoms with E-state index in [4.69, 9.17) is 0 Å².